The zero-order valence-electron chi connectivity index (χ0n) is 7.88. The summed E-state index contributed by atoms with van der Waals surface area (Å²) >= 11 is 0. The first-order valence-corrected chi connectivity index (χ1v) is 4.56. The summed E-state index contributed by atoms with van der Waals surface area (Å²) < 4.78 is 5.05. The molecule has 0 bridgehead atoms. The lowest BCUT2D eigenvalue weighted by Gasteiger charge is -2.19. The van der Waals surface area contributed by atoms with Crippen LogP contribution >= 0.6 is 0 Å². The van der Waals surface area contributed by atoms with Crippen molar-refractivity contribution < 1.29 is 19.7 Å². The predicted molar refractivity (Wildman–Crippen MR) is 52.4 cm³/mol. The normalized spacial score (nSPS) is 20.0. The molecule has 78 valence electrons. The summed E-state index contributed by atoms with van der Waals surface area (Å²) in [5.41, 5.74) is 0.669. The molecule has 2 rings (SSSR count). The van der Waals surface area contributed by atoms with Gasteiger partial charge in [-0.15, -0.1) is 0 Å². The van der Waals surface area contributed by atoms with Gasteiger partial charge in [0, 0.05) is 12.5 Å². The third-order valence-corrected chi connectivity index (χ3v) is 2.23. The maximum Gasteiger partial charge on any atom is 0.331 e. The van der Waals surface area contributed by atoms with Gasteiger partial charge in [-0.1, -0.05) is 12.1 Å². The second-order valence-corrected chi connectivity index (χ2v) is 3.31. The molecule has 1 atom stereocenters. The van der Waals surface area contributed by atoms with E-state index in [2.05, 4.69) is 0 Å². The van der Waals surface area contributed by atoms with Crippen LogP contribution in [-0.4, -0.2) is 16.2 Å². The van der Waals surface area contributed by atoms with Crippen LogP contribution in [0.25, 0.3) is 0 Å². The number of cyclic esters (lactones) is 1. The first-order chi connectivity index (χ1) is 7.16. The molecule has 1 heterocycles. The highest BCUT2D eigenvalue weighted by Crippen LogP contribution is 2.31. The van der Waals surface area contributed by atoms with Gasteiger partial charge in [-0.25, -0.2) is 4.79 Å². The maximum atomic E-state index is 11.0. The van der Waals surface area contributed by atoms with Crippen LogP contribution in [0.1, 0.15) is 18.1 Å². The van der Waals surface area contributed by atoms with Gasteiger partial charge in [-0.2, -0.15) is 0 Å². The van der Waals surface area contributed by atoms with E-state index in [1.165, 1.54) is 18.2 Å². The van der Waals surface area contributed by atoms with Crippen molar-refractivity contribution >= 4 is 5.97 Å². The number of phenols is 2. The molecule has 0 aromatic heterocycles. The van der Waals surface area contributed by atoms with E-state index in [1.54, 1.807) is 12.1 Å². The van der Waals surface area contributed by atoms with E-state index in [0.29, 0.717) is 12.0 Å². The Kier molecular flexibility index (Phi) is 2.33. The highest BCUT2D eigenvalue weighted by molar-refractivity contribution is 5.82. The fraction of sp³-hybridized carbons (Fsp3) is 0.182. The standard InChI is InChI=1S/C11H10O4/c12-8-5-4-7(6-9(8)13)10-2-1-3-11(14)15-10/h1,3-6,10,12-13H,2H2. The zero-order valence-corrected chi connectivity index (χ0v) is 7.88. The van der Waals surface area contributed by atoms with Crippen LogP contribution in [0.3, 0.4) is 0 Å². The number of rotatable bonds is 1. The Hall–Kier alpha value is -1.97. The lowest BCUT2D eigenvalue weighted by Crippen LogP contribution is -2.12. The van der Waals surface area contributed by atoms with Crippen LogP contribution in [0.15, 0.2) is 30.4 Å². The molecule has 1 aliphatic rings. The number of aromatic hydroxyl groups is 2. The van der Waals surface area contributed by atoms with Crippen LogP contribution in [-0.2, 0) is 9.53 Å². The van der Waals surface area contributed by atoms with Gasteiger partial charge in [0.15, 0.2) is 11.5 Å². The molecule has 15 heavy (non-hydrogen) atoms. The van der Waals surface area contributed by atoms with E-state index in [4.69, 9.17) is 9.84 Å². The molecule has 1 aromatic carbocycles. The summed E-state index contributed by atoms with van der Waals surface area (Å²) in [4.78, 5) is 11.0. The number of hydrogen-bond donors (Lipinski definition) is 2. The first kappa shape index (κ1) is 9.58. The quantitative estimate of drug-likeness (QED) is 0.541. The van der Waals surface area contributed by atoms with Gasteiger partial charge in [0.2, 0.25) is 0 Å². The van der Waals surface area contributed by atoms with E-state index in [0.717, 1.165) is 0 Å². The first-order valence-electron chi connectivity index (χ1n) is 4.56. The van der Waals surface area contributed by atoms with E-state index in [9.17, 15) is 9.90 Å². The van der Waals surface area contributed by atoms with Gasteiger partial charge >= 0.3 is 5.97 Å². The minimum absolute atomic E-state index is 0.184. The smallest absolute Gasteiger partial charge is 0.331 e. The second-order valence-electron chi connectivity index (χ2n) is 3.31. The summed E-state index contributed by atoms with van der Waals surface area (Å²) in [5, 5.41) is 18.4. The van der Waals surface area contributed by atoms with Crippen molar-refractivity contribution in [3.63, 3.8) is 0 Å². The second kappa shape index (κ2) is 3.65. The van der Waals surface area contributed by atoms with Crippen LogP contribution < -0.4 is 0 Å². The van der Waals surface area contributed by atoms with Crippen molar-refractivity contribution in [3.8, 4) is 11.5 Å². The molecular formula is C11H10O4. The van der Waals surface area contributed by atoms with Crippen molar-refractivity contribution in [2.45, 2.75) is 12.5 Å². The summed E-state index contributed by atoms with van der Waals surface area (Å²) in [6, 6.07) is 4.38. The number of carbonyl (C=O) groups excluding carboxylic acids is 1. The molecule has 0 aliphatic carbocycles. The highest BCUT2D eigenvalue weighted by atomic mass is 16.5. The third-order valence-electron chi connectivity index (χ3n) is 2.23. The number of ether oxygens (including phenoxy) is 1. The summed E-state index contributed by atoms with van der Waals surface area (Å²) in [6.45, 7) is 0. The summed E-state index contributed by atoms with van der Waals surface area (Å²) in [7, 11) is 0. The van der Waals surface area contributed by atoms with E-state index >= 15 is 0 Å². The Balaban J connectivity index is 2.26. The molecule has 1 unspecified atom stereocenters. The Morgan fingerprint density at radius 2 is 2.07 bits per heavy atom. The zero-order chi connectivity index (χ0) is 10.8. The Morgan fingerprint density at radius 3 is 2.73 bits per heavy atom. The summed E-state index contributed by atoms with van der Waals surface area (Å²) in [5.74, 6) is -0.784. The van der Waals surface area contributed by atoms with Gasteiger partial charge in [-0.05, 0) is 17.7 Å². The van der Waals surface area contributed by atoms with Crippen molar-refractivity contribution in [3.05, 3.63) is 35.9 Å². The average Bonchev–Trinajstić information content (AvgIpc) is 2.22. The monoisotopic (exact) mass is 206 g/mol. The fourth-order valence-electron chi connectivity index (χ4n) is 1.46. The molecule has 4 heteroatoms. The molecule has 0 fully saturated rings. The SMILES string of the molecule is O=C1C=CCC(c2ccc(O)c(O)c2)O1. The molecule has 0 saturated carbocycles. The number of esters is 1. The van der Waals surface area contributed by atoms with Crippen molar-refractivity contribution in [2.24, 2.45) is 0 Å². The van der Waals surface area contributed by atoms with Crippen LogP contribution in [0.2, 0.25) is 0 Å². The molecule has 0 radical (unpaired) electrons. The molecule has 4 nitrogen and oxygen atoms in total. The Labute approximate surface area is 86.4 Å². The summed E-state index contributed by atoms with van der Waals surface area (Å²) in [6.07, 6.45) is 3.29. The molecule has 0 amide bonds. The van der Waals surface area contributed by atoms with Gasteiger partial charge < -0.3 is 14.9 Å². The number of carbonyl (C=O) groups is 1. The van der Waals surface area contributed by atoms with Crippen LogP contribution in [0, 0.1) is 0 Å². The minimum Gasteiger partial charge on any atom is -0.504 e. The van der Waals surface area contributed by atoms with Gasteiger partial charge in [-0.3, -0.25) is 0 Å². The molecule has 0 saturated heterocycles. The van der Waals surface area contributed by atoms with Gasteiger partial charge in [0.1, 0.15) is 6.10 Å². The highest BCUT2D eigenvalue weighted by Gasteiger charge is 2.18. The number of phenolic OH excluding ortho intramolecular Hbond substituents is 2. The molecule has 1 aliphatic heterocycles. The van der Waals surface area contributed by atoms with E-state index in [-0.39, 0.29) is 23.6 Å². The molecule has 1 aromatic rings. The lowest BCUT2D eigenvalue weighted by molar-refractivity contribution is -0.144. The predicted octanol–water partition coefficient (Wildman–Crippen LogP) is 1.64. The van der Waals surface area contributed by atoms with Crippen LogP contribution in [0.5, 0.6) is 11.5 Å². The van der Waals surface area contributed by atoms with Gasteiger partial charge in [0.05, 0.1) is 0 Å². The van der Waals surface area contributed by atoms with Crippen molar-refractivity contribution in [1.29, 1.82) is 0 Å². The maximum absolute atomic E-state index is 11.0. The van der Waals surface area contributed by atoms with Gasteiger partial charge in [0.25, 0.3) is 0 Å². The van der Waals surface area contributed by atoms with E-state index in [1.807, 2.05) is 0 Å². The molecular weight excluding hydrogens is 196 g/mol. The van der Waals surface area contributed by atoms with Crippen molar-refractivity contribution in [2.75, 3.05) is 0 Å². The number of hydrogen-bond acceptors (Lipinski definition) is 4. The van der Waals surface area contributed by atoms with Crippen LogP contribution in [0.4, 0.5) is 0 Å². The van der Waals surface area contributed by atoms with E-state index < -0.39 is 0 Å². The lowest BCUT2D eigenvalue weighted by atomic mass is 10.0. The third kappa shape index (κ3) is 1.93. The Morgan fingerprint density at radius 1 is 1.27 bits per heavy atom. The Bertz CT molecular complexity index is 423. The number of benzene rings is 1. The average molecular weight is 206 g/mol. The minimum atomic E-state index is -0.390. The fourth-order valence-corrected chi connectivity index (χ4v) is 1.46. The largest absolute Gasteiger partial charge is 0.504 e. The topological polar surface area (TPSA) is 66.8 Å². The molecule has 0 spiro atoms. The van der Waals surface area contributed by atoms with Crippen molar-refractivity contribution in [1.82, 2.24) is 0 Å². The molecule has 2 N–H and O–H groups in total.